The lowest BCUT2D eigenvalue weighted by Crippen LogP contribution is -2.11. The molecule has 2 heterocycles. The van der Waals surface area contributed by atoms with Crippen molar-refractivity contribution < 1.29 is 4.79 Å². The van der Waals surface area contributed by atoms with Gasteiger partial charge in [-0.2, -0.15) is 5.10 Å². The Morgan fingerprint density at radius 3 is 2.81 bits per heavy atom. The van der Waals surface area contributed by atoms with Gasteiger partial charge in [-0.05, 0) is 19.9 Å². The van der Waals surface area contributed by atoms with Crippen LogP contribution in [0.4, 0.5) is 0 Å². The van der Waals surface area contributed by atoms with Crippen molar-refractivity contribution >= 4 is 5.91 Å². The van der Waals surface area contributed by atoms with Crippen molar-refractivity contribution in [3.8, 4) is 11.5 Å². The summed E-state index contributed by atoms with van der Waals surface area (Å²) in [5.41, 5.74) is 6.24. The molecule has 3 N–H and O–H groups in total. The highest BCUT2D eigenvalue weighted by atomic mass is 16.1. The van der Waals surface area contributed by atoms with Crippen LogP contribution in [0.25, 0.3) is 11.5 Å². The summed E-state index contributed by atoms with van der Waals surface area (Å²) in [7, 11) is 0. The molecular formula is C10H13N5O. The van der Waals surface area contributed by atoms with Crippen LogP contribution in [-0.4, -0.2) is 25.7 Å². The maximum absolute atomic E-state index is 11.1. The van der Waals surface area contributed by atoms with Gasteiger partial charge in [-0.1, -0.05) is 0 Å². The number of primary amides is 1. The van der Waals surface area contributed by atoms with Crippen molar-refractivity contribution in [1.82, 2.24) is 19.7 Å². The van der Waals surface area contributed by atoms with Crippen LogP contribution in [0.5, 0.6) is 0 Å². The molecule has 0 saturated carbocycles. The number of nitrogens with one attached hydrogen (secondary N) is 1. The lowest BCUT2D eigenvalue weighted by Gasteiger charge is -2.09. The zero-order chi connectivity index (χ0) is 11.7. The van der Waals surface area contributed by atoms with Gasteiger partial charge in [0.25, 0.3) is 5.91 Å². The van der Waals surface area contributed by atoms with E-state index in [-0.39, 0.29) is 11.7 Å². The molecule has 2 aromatic heterocycles. The quantitative estimate of drug-likeness (QED) is 0.805. The summed E-state index contributed by atoms with van der Waals surface area (Å²) in [5.74, 6) is 0.140. The first-order valence-corrected chi connectivity index (χ1v) is 4.98. The van der Waals surface area contributed by atoms with Crippen LogP contribution in [-0.2, 0) is 0 Å². The van der Waals surface area contributed by atoms with E-state index in [9.17, 15) is 4.79 Å². The SMILES string of the molecule is CC(C)n1cc(C(N)=O)nc1-c1ccn[nH]1. The first kappa shape index (κ1) is 10.4. The molecule has 0 radical (unpaired) electrons. The molecule has 0 spiro atoms. The summed E-state index contributed by atoms with van der Waals surface area (Å²) in [5, 5.41) is 6.67. The summed E-state index contributed by atoms with van der Waals surface area (Å²) in [6.45, 7) is 4.01. The Hall–Kier alpha value is -2.11. The van der Waals surface area contributed by atoms with E-state index in [2.05, 4.69) is 15.2 Å². The molecule has 1 amide bonds. The third-order valence-electron chi connectivity index (χ3n) is 2.28. The maximum atomic E-state index is 11.1. The number of hydrogen-bond acceptors (Lipinski definition) is 3. The number of hydrogen-bond donors (Lipinski definition) is 2. The van der Waals surface area contributed by atoms with E-state index in [0.717, 1.165) is 5.69 Å². The number of aromatic nitrogens is 4. The number of aromatic amines is 1. The molecule has 6 heteroatoms. The number of nitrogens with zero attached hydrogens (tertiary/aromatic N) is 3. The van der Waals surface area contributed by atoms with Gasteiger partial charge in [-0.25, -0.2) is 4.98 Å². The van der Waals surface area contributed by atoms with Gasteiger partial charge in [0.1, 0.15) is 11.4 Å². The van der Waals surface area contributed by atoms with Gasteiger partial charge in [0.15, 0.2) is 5.82 Å². The molecule has 0 unspecified atom stereocenters. The van der Waals surface area contributed by atoms with Crippen molar-refractivity contribution in [3.63, 3.8) is 0 Å². The summed E-state index contributed by atoms with van der Waals surface area (Å²) >= 11 is 0. The highest BCUT2D eigenvalue weighted by Crippen LogP contribution is 2.20. The first-order valence-electron chi connectivity index (χ1n) is 4.98. The Bertz CT molecular complexity index is 497. The number of amides is 1. The summed E-state index contributed by atoms with van der Waals surface area (Å²) < 4.78 is 1.88. The van der Waals surface area contributed by atoms with Crippen LogP contribution in [0, 0.1) is 0 Å². The number of carbonyl (C=O) groups is 1. The first-order chi connectivity index (χ1) is 7.59. The maximum Gasteiger partial charge on any atom is 0.268 e. The number of rotatable bonds is 3. The molecular weight excluding hydrogens is 206 g/mol. The fourth-order valence-corrected chi connectivity index (χ4v) is 1.49. The zero-order valence-corrected chi connectivity index (χ0v) is 9.14. The predicted molar refractivity (Wildman–Crippen MR) is 58.7 cm³/mol. The molecule has 0 aromatic carbocycles. The van der Waals surface area contributed by atoms with Gasteiger partial charge in [0.2, 0.25) is 0 Å². The third kappa shape index (κ3) is 1.69. The third-order valence-corrected chi connectivity index (χ3v) is 2.28. The molecule has 84 valence electrons. The second-order valence-electron chi connectivity index (χ2n) is 3.79. The number of nitrogens with two attached hydrogens (primary N) is 1. The van der Waals surface area contributed by atoms with Crippen LogP contribution in [0.2, 0.25) is 0 Å². The van der Waals surface area contributed by atoms with Gasteiger partial charge in [-0.3, -0.25) is 9.89 Å². The van der Waals surface area contributed by atoms with Crippen LogP contribution in [0.3, 0.4) is 0 Å². The van der Waals surface area contributed by atoms with Crippen molar-refractivity contribution in [2.45, 2.75) is 19.9 Å². The van der Waals surface area contributed by atoms with Gasteiger partial charge in [0, 0.05) is 18.4 Å². The van der Waals surface area contributed by atoms with Gasteiger partial charge in [-0.15, -0.1) is 0 Å². The van der Waals surface area contributed by atoms with Crippen molar-refractivity contribution in [2.24, 2.45) is 5.73 Å². The molecule has 16 heavy (non-hydrogen) atoms. The lowest BCUT2D eigenvalue weighted by atomic mass is 10.3. The molecule has 0 aliphatic heterocycles. The summed E-state index contributed by atoms with van der Waals surface area (Å²) in [4.78, 5) is 15.3. The molecule has 0 aliphatic rings. The van der Waals surface area contributed by atoms with Crippen LogP contribution >= 0.6 is 0 Å². The standard InChI is InChI=1S/C10H13N5O/c1-6(2)15-5-8(9(11)16)13-10(15)7-3-4-12-14-7/h3-6H,1-2H3,(H2,11,16)(H,12,14). The Balaban J connectivity index is 2.55. The molecule has 2 rings (SSSR count). The van der Waals surface area contributed by atoms with Gasteiger partial charge in [0.05, 0.1) is 0 Å². The minimum Gasteiger partial charge on any atom is -0.364 e. The van der Waals surface area contributed by atoms with Crippen LogP contribution < -0.4 is 5.73 Å². The number of imidazole rings is 1. The van der Waals surface area contributed by atoms with E-state index in [4.69, 9.17) is 5.73 Å². The largest absolute Gasteiger partial charge is 0.364 e. The lowest BCUT2D eigenvalue weighted by molar-refractivity contribution is 0.0996. The minimum absolute atomic E-state index is 0.193. The van der Waals surface area contributed by atoms with Crippen LogP contribution in [0.1, 0.15) is 30.4 Å². The molecule has 2 aromatic rings. The Morgan fingerprint density at radius 1 is 1.56 bits per heavy atom. The van der Waals surface area contributed by atoms with Gasteiger partial charge >= 0.3 is 0 Å². The van der Waals surface area contributed by atoms with E-state index >= 15 is 0 Å². The highest BCUT2D eigenvalue weighted by Gasteiger charge is 2.15. The van der Waals surface area contributed by atoms with E-state index in [1.54, 1.807) is 18.5 Å². The fraction of sp³-hybridized carbons (Fsp3) is 0.300. The van der Waals surface area contributed by atoms with E-state index in [1.165, 1.54) is 0 Å². The Kier molecular flexibility index (Phi) is 2.47. The Morgan fingerprint density at radius 2 is 2.31 bits per heavy atom. The van der Waals surface area contributed by atoms with Crippen molar-refractivity contribution in [2.75, 3.05) is 0 Å². The molecule has 0 fully saturated rings. The average molecular weight is 219 g/mol. The van der Waals surface area contributed by atoms with E-state index < -0.39 is 5.91 Å². The number of carbonyl (C=O) groups excluding carboxylic acids is 1. The summed E-state index contributed by atoms with van der Waals surface area (Å²) in [6.07, 6.45) is 3.29. The minimum atomic E-state index is -0.528. The fourth-order valence-electron chi connectivity index (χ4n) is 1.49. The molecule has 0 aliphatic carbocycles. The highest BCUT2D eigenvalue weighted by molar-refractivity contribution is 5.91. The number of H-pyrrole nitrogens is 1. The molecule has 6 nitrogen and oxygen atoms in total. The topological polar surface area (TPSA) is 89.6 Å². The predicted octanol–water partition coefficient (Wildman–Crippen LogP) is 0.953. The van der Waals surface area contributed by atoms with Gasteiger partial charge < -0.3 is 10.3 Å². The molecule has 0 saturated heterocycles. The van der Waals surface area contributed by atoms with Crippen LogP contribution in [0.15, 0.2) is 18.5 Å². The Labute approximate surface area is 92.5 Å². The smallest absolute Gasteiger partial charge is 0.268 e. The second-order valence-corrected chi connectivity index (χ2v) is 3.79. The average Bonchev–Trinajstić information content (AvgIpc) is 2.86. The van der Waals surface area contributed by atoms with Crippen molar-refractivity contribution in [1.29, 1.82) is 0 Å². The van der Waals surface area contributed by atoms with E-state index in [1.807, 2.05) is 18.4 Å². The molecule has 0 atom stereocenters. The normalized spacial score (nSPS) is 10.9. The molecule has 0 bridgehead atoms. The van der Waals surface area contributed by atoms with E-state index in [0.29, 0.717) is 5.82 Å². The zero-order valence-electron chi connectivity index (χ0n) is 9.14. The van der Waals surface area contributed by atoms with Crippen molar-refractivity contribution in [3.05, 3.63) is 24.2 Å². The second kappa shape index (κ2) is 3.80. The monoisotopic (exact) mass is 219 g/mol. The summed E-state index contributed by atoms with van der Waals surface area (Å²) in [6, 6.07) is 1.99.